The summed E-state index contributed by atoms with van der Waals surface area (Å²) in [6, 6.07) is 13.7. The monoisotopic (exact) mass is 392 g/mol. The van der Waals surface area contributed by atoms with Crippen LogP contribution in [0.2, 0.25) is 0 Å². The summed E-state index contributed by atoms with van der Waals surface area (Å²) >= 11 is 1.47. The predicted octanol–water partition coefficient (Wildman–Crippen LogP) is 4.06. The van der Waals surface area contributed by atoms with Crippen LogP contribution in [0.15, 0.2) is 70.5 Å². The van der Waals surface area contributed by atoms with Crippen LogP contribution in [-0.2, 0) is 9.59 Å². The number of hydrogen-bond acceptors (Lipinski definition) is 5. The Morgan fingerprint density at radius 3 is 1.86 bits per heavy atom. The second-order valence-corrected chi connectivity index (χ2v) is 8.51. The number of carbonyl (C=O) groups is 2. The zero-order valence-corrected chi connectivity index (χ0v) is 15.5. The third-order valence-electron chi connectivity index (χ3n) is 5.85. The molecular formula is C21H16N2O4S. The highest BCUT2D eigenvalue weighted by Crippen LogP contribution is 2.53. The summed E-state index contributed by atoms with van der Waals surface area (Å²) in [6.45, 7) is 0. The molecule has 3 aliphatic rings. The van der Waals surface area contributed by atoms with Crippen LogP contribution in [0.4, 0.5) is 11.4 Å². The van der Waals surface area contributed by atoms with Crippen molar-refractivity contribution in [1.82, 2.24) is 0 Å². The molecule has 140 valence electrons. The van der Waals surface area contributed by atoms with Gasteiger partial charge in [0.15, 0.2) is 0 Å². The first-order valence-corrected chi connectivity index (χ1v) is 9.93. The van der Waals surface area contributed by atoms with Gasteiger partial charge in [0.2, 0.25) is 11.8 Å². The lowest BCUT2D eigenvalue weighted by Crippen LogP contribution is -2.32. The minimum atomic E-state index is -0.426. The number of carbonyl (C=O) groups excluding carboxylic acids is 2. The molecule has 0 aromatic heterocycles. The SMILES string of the molecule is O=C1C2C3C=CC(C3)C2C(=O)N1c1ccc(Sc2ccc([N+](=O)[O-])cc2)cc1. The molecule has 7 heteroatoms. The first kappa shape index (κ1) is 17.2. The number of nitrogens with zero attached hydrogens (tertiary/aromatic N) is 2. The first-order chi connectivity index (χ1) is 13.5. The highest BCUT2D eigenvalue weighted by atomic mass is 32.2. The molecule has 2 amide bonds. The van der Waals surface area contributed by atoms with Crippen molar-refractivity contribution in [2.24, 2.45) is 23.7 Å². The summed E-state index contributed by atoms with van der Waals surface area (Å²) in [7, 11) is 0. The molecule has 2 aliphatic carbocycles. The quantitative estimate of drug-likeness (QED) is 0.339. The van der Waals surface area contributed by atoms with E-state index in [0.717, 1.165) is 16.2 Å². The molecule has 1 heterocycles. The average molecular weight is 392 g/mol. The van der Waals surface area contributed by atoms with Crippen LogP contribution >= 0.6 is 11.8 Å². The molecule has 6 nitrogen and oxygen atoms in total. The van der Waals surface area contributed by atoms with Gasteiger partial charge >= 0.3 is 0 Å². The van der Waals surface area contributed by atoms with Crippen LogP contribution < -0.4 is 4.90 Å². The fraction of sp³-hybridized carbons (Fsp3) is 0.238. The van der Waals surface area contributed by atoms with Gasteiger partial charge in [-0.25, -0.2) is 0 Å². The number of nitro groups is 1. The van der Waals surface area contributed by atoms with Crippen LogP contribution in [0, 0.1) is 33.8 Å². The molecule has 1 saturated carbocycles. The summed E-state index contributed by atoms with van der Waals surface area (Å²) < 4.78 is 0. The molecule has 4 unspecified atom stereocenters. The van der Waals surface area contributed by atoms with Gasteiger partial charge in [0.1, 0.15) is 0 Å². The second-order valence-electron chi connectivity index (χ2n) is 7.36. The van der Waals surface area contributed by atoms with E-state index in [1.54, 1.807) is 24.3 Å². The van der Waals surface area contributed by atoms with E-state index < -0.39 is 4.92 Å². The molecule has 0 N–H and O–H groups in total. The lowest BCUT2D eigenvalue weighted by atomic mass is 9.85. The molecule has 0 radical (unpaired) electrons. The van der Waals surface area contributed by atoms with Gasteiger partial charge in [-0.2, -0.15) is 0 Å². The van der Waals surface area contributed by atoms with Crippen molar-refractivity contribution in [3.05, 3.63) is 70.8 Å². The topological polar surface area (TPSA) is 80.5 Å². The number of rotatable bonds is 4. The molecule has 28 heavy (non-hydrogen) atoms. The Hall–Kier alpha value is -2.93. The molecule has 4 atom stereocenters. The van der Waals surface area contributed by atoms with Crippen LogP contribution in [0.25, 0.3) is 0 Å². The Morgan fingerprint density at radius 2 is 1.36 bits per heavy atom. The maximum absolute atomic E-state index is 12.9. The Balaban J connectivity index is 1.34. The normalized spacial score (nSPS) is 27.5. The minimum absolute atomic E-state index is 0.0553. The van der Waals surface area contributed by atoms with Gasteiger partial charge in [-0.3, -0.25) is 24.6 Å². The summed E-state index contributed by atoms with van der Waals surface area (Å²) in [4.78, 5) is 39.2. The van der Waals surface area contributed by atoms with E-state index in [9.17, 15) is 19.7 Å². The Bertz CT molecular complexity index is 986. The van der Waals surface area contributed by atoms with E-state index in [0.29, 0.717) is 5.69 Å². The highest BCUT2D eigenvalue weighted by molar-refractivity contribution is 7.99. The van der Waals surface area contributed by atoms with Gasteiger partial charge in [-0.15, -0.1) is 0 Å². The van der Waals surface area contributed by atoms with Crippen molar-refractivity contribution in [2.45, 2.75) is 16.2 Å². The zero-order chi connectivity index (χ0) is 19.4. The standard InChI is InChI=1S/C21H16N2O4S/c24-20-18-12-1-2-13(11-12)19(18)21(25)22(20)14-3-7-16(8-4-14)28-17-9-5-15(6-10-17)23(26)27/h1-10,12-13,18-19H,11H2. The number of hydrogen-bond donors (Lipinski definition) is 0. The molecule has 1 aliphatic heterocycles. The van der Waals surface area contributed by atoms with Crippen molar-refractivity contribution in [3.63, 3.8) is 0 Å². The lowest BCUT2D eigenvalue weighted by molar-refractivity contribution is -0.384. The van der Waals surface area contributed by atoms with E-state index >= 15 is 0 Å². The fourth-order valence-electron chi connectivity index (χ4n) is 4.59. The van der Waals surface area contributed by atoms with E-state index in [4.69, 9.17) is 0 Å². The zero-order valence-electron chi connectivity index (χ0n) is 14.7. The van der Waals surface area contributed by atoms with Crippen molar-refractivity contribution in [3.8, 4) is 0 Å². The molecule has 0 spiro atoms. The molecule has 5 rings (SSSR count). The number of benzene rings is 2. The maximum Gasteiger partial charge on any atom is 0.269 e. The van der Waals surface area contributed by atoms with Crippen LogP contribution in [0.5, 0.6) is 0 Å². The van der Waals surface area contributed by atoms with Crippen molar-refractivity contribution in [2.75, 3.05) is 4.90 Å². The fourth-order valence-corrected chi connectivity index (χ4v) is 5.41. The summed E-state index contributed by atoms with van der Waals surface area (Å²) in [6.07, 6.45) is 5.10. The Kier molecular flexibility index (Phi) is 3.87. The number of allylic oxidation sites excluding steroid dienone is 2. The largest absolute Gasteiger partial charge is 0.274 e. The second kappa shape index (κ2) is 6.31. The summed E-state index contributed by atoms with van der Waals surface area (Å²) in [5, 5.41) is 10.7. The highest BCUT2D eigenvalue weighted by Gasteiger charge is 2.59. The van der Waals surface area contributed by atoms with Crippen LogP contribution in [0.3, 0.4) is 0 Å². The Morgan fingerprint density at radius 1 is 0.857 bits per heavy atom. The predicted molar refractivity (Wildman–Crippen MR) is 104 cm³/mol. The number of amides is 2. The molecule has 1 saturated heterocycles. The third-order valence-corrected chi connectivity index (χ3v) is 6.86. The van der Waals surface area contributed by atoms with Gasteiger partial charge in [0.05, 0.1) is 22.4 Å². The Labute approximate surface area is 165 Å². The van der Waals surface area contributed by atoms with E-state index in [1.807, 2.05) is 12.1 Å². The summed E-state index contributed by atoms with van der Waals surface area (Å²) in [5.41, 5.74) is 0.664. The molecular weight excluding hydrogens is 376 g/mol. The van der Waals surface area contributed by atoms with E-state index in [1.165, 1.54) is 28.8 Å². The average Bonchev–Trinajstić information content (AvgIpc) is 3.37. The van der Waals surface area contributed by atoms with E-state index in [-0.39, 0.29) is 41.2 Å². The minimum Gasteiger partial charge on any atom is -0.274 e. The molecule has 2 fully saturated rings. The smallest absolute Gasteiger partial charge is 0.269 e. The van der Waals surface area contributed by atoms with Crippen molar-refractivity contribution < 1.29 is 14.5 Å². The molecule has 2 aromatic carbocycles. The van der Waals surface area contributed by atoms with Gasteiger partial charge in [0.25, 0.3) is 5.69 Å². The number of imide groups is 1. The number of anilines is 1. The van der Waals surface area contributed by atoms with Gasteiger partial charge in [0, 0.05) is 21.9 Å². The van der Waals surface area contributed by atoms with Gasteiger partial charge < -0.3 is 0 Å². The van der Waals surface area contributed by atoms with Crippen LogP contribution in [0.1, 0.15) is 6.42 Å². The number of nitro benzene ring substituents is 1. The summed E-state index contributed by atoms with van der Waals surface area (Å²) in [5.74, 6) is -0.152. The van der Waals surface area contributed by atoms with Gasteiger partial charge in [-0.1, -0.05) is 23.9 Å². The van der Waals surface area contributed by atoms with Crippen LogP contribution in [-0.4, -0.2) is 16.7 Å². The van der Waals surface area contributed by atoms with Gasteiger partial charge in [-0.05, 0) is 54.7 Å². The maximum atomic E-state index is 12.9. The third kappa shape index (κ3) is 2.57. The van der Waals surface area contributed by atoms with Crippen molar-refractivity contribution >= 4 is 35.0 Å². The lowest BCUT2D eigenvalue weighted by Gasteiger charge is -2.17. The number of fused-ring (bicyclic) bond motifs is 5. The van der Waals surface area contributed by atoms with E-state index in [2.05, 4.69) is 12.2 Å². The molecule has 2 aromatic rings. The first-order valence-electron chi connectivity index (χ1n) is 9.11. The number of non-ortho nitro benzene ring substituents is 1. The van der Waals surface area contributed by atoms with Crippen molar-refractivity contribution in [1.29, 1.82) is 0 Å². The molecule has 2 bridgehead atoms.